The van der Waals surface area contributed by atoms with Gasteiger partial charge in [-0.05, 0) is 74.1 Å². The van der Waals surface area contributed by atoms with Crippen LogP contribution in [0.2, 0.25) is 0 Å². The van der Waals surface area contributed by atoms with Gasteiger partial charge in [0.15, 0.2) is 0 Å². The minimum absolute atomic E-state index is 0.736. The van der Waals surface area contributed by atoms with Crippen molar-refractivity contribution in [2.75, 3.05) is 25.0 Å². The van der Waals surface area contributed by atoms with E-state index in [4.69, 9.17) is 5.73 Å². The summed E-state index contributed by atoms with van der Waals surface area (Å²) in [4.78, 5) is 2.48. The Morgan fingerprint density at radius 2 is 2.10 bits per heavy atom. The first-order valence-electron chi connectivity index (χ1n) is 8.18. The van der Waals surface area contributed by atoms with Crippen LogP contribution in [0, 0.1) is 24.7 Å². The van der Waals surface area contributed by atoms with Gasteiger partial charge in [-0.1, -0.05) is 18.6 Å². The Morgan fingerprint density at radius 3 is 2.70 bits per heavy atom. The van der Waals surface area contributed by atoms with Crippen LogP contribution >= 0.6 is 0 Å². The minimum Gasteiger partial charge on any atom is -0.374 e. The Kier molecular flexibility index (Phi) is 4.02. The predicted molar refractivity (Wildman–Crippen MR) is 86.1 cm³/mol. The van der Waals surface area contributed by atoms with E-state index in [1.54, 1.807) is 0 Å². The van der Waals surface area contributed by atoms with E-state index in [-0.39, 0.29) is 0 Å². The molecule has 1 aromatic carbocycles. The lowest BCUT2D eigenvalue weighted by Crippen LogP contribution is -2.29. The van der Waals surface area contributed by atoms with Gasteiger partial charge in [0.1, 0.15) is 0 Å². The molecule has 0 saturated heterocycles. The predicted octanol–water partition coefficient (Wildman–Crippen LogP) is 3.37. The van der Waals surface area contributed by atoms with Gasteiger partial charge in [0.25, 0.3) is 0 Å². The van der Waals surface area contributed by atoms with Crippen molar-refractivity contribution >= 4 is 5.69 Å². The highest BCUT2D eigenvalue weighted by molar-refractivity contribution is 5.54. The number of hydrogen-bond donors (Lipinski definition) is 1. The summed E-state index contributed by atoms with van der Waals surface area (Å²) in [6.07, 6.45) is 6.94. The summed E-state index contributed by atoms with van der Waals surface area (Å²) in [5.41, 5.74) is 9.79. The molecule has 2 aliphatic rings. The van der Waals surface area contributed by atoms with E-state index in [1.165, 1.54) is 49.0 Å². The summed E-state index contributed by atoms with van der Waals surface area (Å²) in [6, 6.07) is 6.83. The van der Waals surface area contributed by atoms with E-state index in [0.29, 0.717) is 0 Å². The monoisotopic (exact) mass is 272 g/mol. The number of anilines is 1. The van der Waals surface area contributed by atoms with E-state index >= 15 is 0 Å². The van der Waals surface area contributed by atoms with Gasteiger partial charge in [-0.3, -0.25) is 0 Å². The maximum Gasteiger partial charge on any atom is 0.0393 e. The zero-order valence-corrected chi connectivity index (χ0v) is 12.9. The first-order valence-corrected chi connectivity index (χ1v) is 8.18. The van der Waals surface area contributed by atoms with Crippen LogP contribution in [-0.2, 0) is 6.42 Å². The molecule has 0 aromatic heterocycles. The maximum atomic E-state index is 5.64. The van der Waals surface area contributed by atoms with Crippen molar-refractivity contribution < 1.29 is 0 Å². The zero-order valence-electron chi connectivity index (χ0n) is 12.9. The van der Waals surface area contributed by atoms with Gasteiger partial charge in [0.2, 0.25) is 0 Å². The smallest absolute Gasteiger partial charge is 0.0393 e. The molecule has 2 saturated carbocycles. The molecular formula is C18H28N2. The summed E-state index contributed by atoms with van der Waals surface area (Å²) >= 11 is 0. The maximum absolute atomic E-state index is 5.64. The average molecular weight is 272 g/mol. The molecule has 3 atom stereocenters. The molecule has 0 spiro atoms. The van der Waals surface area contributed by atoms with Crippen LogP contribution in [0.3, 0.4) is 0 Å². The minimum atomic E-state index is 0.736. The molecule has 2 aliphatic carbocycles. The second kappa shape index (κ2) is 5.77. The van der Waals surface area contributed by atoms with Crippen molar-refractivity contribution in [2.24, 2.45) is 23.5 Å². The second-order valence-corrected chi connectivity index (χ2v) is 6.97. The van der Waals surface area contributed by atoms with Crippen molar-refractivity contribution in [3.63, 3.8) is 0 Å². The lowest BCUT2D eigenvalue weighted by atomic mass is 9.88. The van der Waals surface area contributed by atoms with Crippen molar-refractivity contribution in [3.8, 4) is 0 Å². The summed E-state index contributed by atoms with van der Waals surface area (Å²) in [5.74, 6) is 2.99. The molecule has 0 heterocycles. The summed E-state index contributed by atoms with van der Waals surface area (Å²) in [5, 5.41) is 0. The number of rotatable bonds is 5. The van der Waals surface area contributed by atoms with E-state index < -0.39 is 0 Å². The summed E-state index contributed by atoms with van der Waals surface area (Å²) in [7, 11) is 2.26. The fraction of sp³-hybridized carbons (Fsp3) is 0.667. The summed E-state index contributed by atoms with van der Waals surface area (Å²) < 4.78 is 0. The SMILES string of the molecule is Cc1cc(CCN)ccc1N(C)CC1CC2CCC1C2. The van der Waals surface area contributed by atoms with Gasteiger partial charge >= 0.3 is 0 Å². The molecule has 3 unspecified atom stereocenters. The van der Waals surface area contributed by atoms with Crippen molar-refractivity contribution in [1.29, 1.82) is 0 Å². The topological polar surface area (TPSA) is 29.3 Å². The lowest BCUT2D eigenvalue weighted by molar-refractivity contribution is 0.337. The van der Waals surface area contributed by atoms with E-state index in [2.05, 4.69) is 37.1 Å². The quantitative estimate of drug-likeness (QED) is 0.890. The molecular weight excluding hydrogens is 244 g/mol. The Morgan fingerprint density at radius 1 is 1.25 bits per heavy atom. The van der Waals surface area contributed by atoms with Crippen LogP contribution in [0.25, 0.3) is 0 Å². The molecule has 1 aromatic rings. The highest BCUT2D eigenvalue weighted by Gasteiger charge is 2.39. The molecule has 2 N–H and O–H groups in total. The molecule has 2 fully saturated rings. The van der Waals surface area contributed by atoms with Crippen molar-refractivity contribution in [3.05, 3.63) is 29.3 Å². The number of nitrogens with two attached hydrogens (primary N) is 1. The van der Waals surface area contributed by atoms with Gasteiger partial charge < -0.3 is 10.6 Å². The third kappa shape index (κ3) is 2.71. The van der Waals surface area contributed by atoms with Crippen LogP contribution in [-0.4, -0.2) is 20.1 Å². The molecule has 110 valence electrons. The van der Waals surface area contributed by atoms with Crippen LogP contribution in [0.4, 0.5) is 5.69 Å². The van der Waals surface area contributed by atoms with Crippen molar-refractivity contribution in [2.45, 2.75) is 39.0 Å². The fourth-order valence-corrected chi connectivity index (χ4v) is 4.52. The molecule has 0 radical (unpaired) electrons. The van der Waals surface area contributed by atoms with E-state index in [9.17, 15) is 0 Å². The Balaban J connectivity index is 1.66. The third-order valence-corrected chi connectivity index (χ3v) is 5.50. The first-order chi connectivity index (χ1) is 9.67. The Hall–Kier alpha value is -1.02. The Bertz CT molecular complexity index is 468. The third-order valence-electron chi connectivity index (χ3n) is 5.50. The van der Waals surface area contributed by atoms with Gasteiger partial charge in [-0.15, -0.1) is 0 Å². The number of hydrogen-bond acceptors (Lipinski definition) is 2. The molecule has 3 rings (SSSR count). The molecule has 2 heteroatoms. The van der Waals surface area contributed by atoms with E-state index in [0.717, 1.165) is 30.7 Å². The number of nitrogens with zero attached hydrogens (tertiary/aromatic N) is 1. The Labute approximate surface area is 123 Å². The fourth-order valence-electron chi connectivity index (χ4n) is 4.52. The standard InChI is InChI=1S/C18H28N2/c1-13-9-14(7-8-19)4-6-18(13)20(2)12-17-11-15-3-5-16(17)10-15/h4,6,9,15-17H,3,5,7-8,10-12,19H2,1-2H3. The van der Waals surface area contributed by atoms with Crippen molar-refractivity contribution in [1.82, 2.24) is 0 Å². The van der Waals surface area contributed by atoms with Gasteiger partial charge in [-0.25, -0.2) is 0 Å². The molecule has 0 aliphatic heterocycles. The first kappa shape index (κ1) is 13.9. The van der Waals surface area contributed by atoms with Crippen LogP contribution in [0.15, 0.2) is 18.2 Å². The molecule has 20 heavy (non-hydrogen) atoms. The largest absolute Gasteiger partial charge is 0.374 e. The van der Waals surface area contributed by atoms with Gasteiger partial charge in [0, 0.05) is 19.3 Å². The van der Waals surface area contributed by atoms with Crippen LogP contribution < -0.4 is 10.6 Å². The average Bonchev–Trinajstić information content (AvgIpc) is 3.01. The summed E-state index contributed by atoms with van der Waals surface area (Å²) in [6.45, 7) is 4.20. The normalized spacial score (nSPS) is 28.1. The highest BCUT2D eigenvalue weighted by Crippen LogP contribution is 2.48. The molecule has 0 amide bonds. The highest BCUT2D eigenvalue weighted by atomic mass is 15.1. The number of fused-ring (bicyclic) bond motifs is 2. The van der Waals surface area contributed by atoms with Crippen LogP contribution in [0.5, 0.6) is 0 Å². The van der Waals surface area contributed by atoms with Gasteiger partial charge in [-0.2, -0.15) is 0 Å². The molecule has 2 nitrogen and oxygen atoms in total. The van der Waals surface area contributed by atoms with Crippen LogP contribution in [0.1, 0.15) is 36.8 Å². The van der Waals surface area contributed by atoms with E-state index in [1.807, 2.05) is 0 Å². The molecule has 2 bridgehead atoms. The zero-order chi connectivity index (χ0) is 14.1. The number of benzene rings is 1. The lowest BCUT2D eigenvalue weighted by Gasteiger charge is -2.29. The number of aryl methyl sites for hydroxylation is 1. The van der Waals surface area contributed by atoms with Gasteiger partial charge in [0.05, 0.1) is 0 Å². The second-order valence-electron chi connectivity index (χ2n) is 6.97.